The highest BCUT2D eigenvalue weighted by molar-refractivity contribution is 7.89. The minimum absolute atomic E-state index is 0.0431. The molecule has 23 heavy (non-hydrogen) atoms. The number of aromatic amines is 2. The molecule has 0 bridgehead atoms. The second-order valence-corrected chi connectivity index (χ2v) is 6.69. The van der Waals surface area contributed by atoms with Crippen molar-refractivity contribution < 1.29 is 8.42 Å². The first-order chi connectivity index (χ1) is 11.0. The number of rotatable bonds is 4. The summed E-state index contributed by atoms with van der Waals surface area (Å²) in [6, 6.07) is 13.0. The van der Waals surface area contributed by atoms with Crippen molar-refractivity contribution in [2.75, 3.05) is 0 Å². The summed E-state index contributed by atoms with van der Waals surface area (Å²) < 4.78 is 27.1. The molecule has 0 aliphatic rings. The van der Waals surface area contributed by atoms with Gasteiger partial charge in [0.2, 0.25) is 10.0 Å². The van der Waals surface area contributed by atoms with Crippen LogP contribution in [0.15, 0.2) is 63.0 Å². The third-order valence-electron chi connectivity index (χ3n) is 3.33. The number of hydrogen-bond acceptors (Lipinski definition) is 4. The van der Waals surface area contributed by atoms with Gasteiger partial charge >= 0.3 is 5.69 Å². The summed E-state index contributed by atoms with van der Waals surface area (Å²) in [6.07, 6.45) is 0. The Kier molecular flexibility index (Phi) is 3.85. The van der Waals surface area contributed by atoms with Crippen molar-refractivity contribution in [1.82, 2.24) is 14.7 Å². The summed E-state index contributed by atoms with van der Waals surface area (Å²) in [5.74, 6) is 0. The van der Waals surface area contributed by atoms with Gasteiger partial charge in [-0.15, -0.1) is 0 Å². The first kappa shape index (κ1) is 15.2. The van der Waals surface area contributed by atoms with Crippen LogP contribution >= 0.6 is 0 Å². The van der Waals surface area contributed by atoms with E-state index in [1.54, 1.807) is 12.1 Å². The first-order valence-electron chi connectivity index (χ1n) is 6.76. The second-order valence-electron chi connectivity index (χ2n) is 4.93. The number of H-pyrrole nitrogens is 2. The lowest BCUT2D eigenvalue weighted by molar-refractivity contribution is 0.581. The number of fused-ring (bicyclic) bond motifs is 1. The minimum atomic E-state index is -3.77. The number of aromatic nitrogens is 2. The molecule has 3 aromatic rings. The standard InChI is InChI=1S/C15H13N3O4S/c19-14-12-8-11(6-7-13(12)17-15(20)18-14)23(21,22)16-9-10-4-2-1-3-5-10/h1-8,16H,9H2,(H2,17,18,19,20). The van der Waals surface area contributed by atoms with Crippen LogP contribution in [-0.4, -0.2) is 18.4 Å². The molecule has 0 radical (unpaired) electrons. The van der Waals surface area contributed by atoms with E-state index in [9.17, 15) is 18.0 Å². The fourth-order valence-corrected chi connectivity index (χ4v) is 3.21. The van der Waals surface area contributed by atoms with E-state index in [1.807, 2.05) is 18.2 Å². The lowest BCUT2D eigenvalue weighted by Crippen LogP contribution is -2.25. The van der Waals surface area contributed by atoms with Gasteiger partial charge in [0, 0.05) is 6.54 Å². The molecule has 8 heteroatoms. The Morgan fingerprint density at radius 1 is 0.957 bits per heavy atom. The zero-order valence-electron chi connectivity index (χ0n) is 11.9. The van der Waals surface area contributed by atoms with Crippen LogP contribution in [0.4, 0.5) is 0 Å². The van der Waals surface area contributed by atoms with Crippen LogP contribution in [0.25, 0.3) is 10.9 Å². The summed E-state index contributed by atoms with van der Waals surface area (Å²) in [7, 11) is -3.77. The lowest BCUT2D eigenvalue weighted by Gasteiger charge is -2.07. The van der Waals surface area contributed by atoms with Crippen LogP contribution in [-0.2, 0) is 16.6 Å². The van der Waals surface area contributed by atoms with Crippen LogP contribution < -0.4 is 16.0 Å². The zero-order chi connectivity index (χ0) is 16.4. The molecule has 0 fully saturated rings. The van der Waals surface area contributed by atoms with Crippen molar-refractivity contribution in [3.05, 3.63) is 74.9 Å². The van der Waals surface area contributed by atoms with Gasteiger partial charge in [0.05, 0.1) is 15.8 Å². The summed E-state index contributed by atoms with van der Waals surface area (Å²) in [6.45, 7) is 0.142. The molecule has 7 nitrogen and oxygen atoms in total. The monoisotopic (exact) mass is 331 g/mol. The van der Waals surface area contributed by atoms with Crippen molar-refractivity contribution in [1.29, 1.82) is 0 Å². The van der Waals surface area contributed by atoms with Crippen molar-refractivity contribution in [3.8, 4) is 0 Å². The predicted octanol–water partition coefficient (Wildman–Crippen LogP) is 0.695. The molecular formula is C15H13N3O4S. The van der Waals surface area contributed by atoms with E-state index in [-0.39, 0.29) is 22.3 Å². The summed E-state index contributed by atoms with van der Waals surface area (Å²) in [5, 5.41) is 0.104. The number of hydrogen-bond donors (Lipinski definition) is 3. The molecule has 1 aromatic heterocycles. The Morgan fingerprint density at radius 3 is 2.43 bits per heavy atom. The lowest BCUT2D eigenvalue weighted by atomic mass is 10.2. The van der Waals surface area contributed by atoms with Gasteiger partial charge in [0.15, 0.2) is 0 Å². The van der Waals surface area contributed by atoms with E-state index in [2.05, 4.69) is 14.7 Å². The molecule has 0 aliphatic carbocycles. The Bertz CT molecular complexity index is 1070. The van der Waals surface area contributed by atoms with Gasteiger partial charge < -0.3 is 4.98 Å². The molecule has 0 amide bonds. The second kappa shape index (κ2) is 5.82. The van der Waals surface area contributed by atoms with Crippen LogP contribution in [0, 0.1) is 0 Å². The highest BCUT2D eigenvalue weighted by Gasteiger charge is 2.15. The van der Waals surface area contributed by atoms with Crippen molar-refractivity contribution in [2.24, 2.45) is 0 Å². The minimum Gasteiger partial charge on any atom is -0.307 e. The van der Waals surface area contributed by atoms with Gasteiger partial charge in [0.1, 0.15) is 0 Å². The average Bonchev–Trinajstić information content (AvgIpc) is 2.53. The van der Waals surface area contributed by atoms with Crippen LogP contribution in [0.3, 0.4) is 0 Å². The molecule has 3 rings (SSSR count). The van der Waals surface area contributed by atoms with E-state index in [0.29, 0.717) is 0 Å². The molecule has 118 valence electrons. The van der Waals surface area contributed by atoms with Gasteiger partial charge in [0.25, 0.3) is 5.56 Å². The van der Waals surface area contributed by atoms with Gasteiger partial charge in [-0.2, -0.15) is 0 Å². The molecule has 0 unspecified atom stereocenters. The van der Waals surface area contributed by atoms with Gasteiger partial charge in [-0.25, -0.2) is 17.9 Å². The normalized spacial score (nSPS) is 11.7. The largest absolute Gasteiger partial charge is 0.326 e. The Balaban J connectivity index is 1.95. The molecule has 0 aliphatic heterocycles. The highest BCUT2D eigenvalue weighted by atomic mass is 32.2. The Morgan fingerprint density at radius 2 is 1.70 bits per heavy atom. The molecular weight excluding hydrogens is 318 g/mol. The summed E-state index contributed by atoms with van der Waals surface area (Å²) in [5.41, 5.74) is -0.177. The molecule has 0 saturated carbocycles. The first-order valence-corrected chi connectivity index (χ1v) is 8.24. The highest BCUT2D eigenvalue weighted by Crippen LogP contribution is 2.14. The summed E-state index contributed by atoms with van der Waals surface area (Å²) >= 11 is 0. The fourth-order valence-electron chi connectivity index (χ4n) is 2.17. The molecule has 0 saturated heterocycles. The van der Waals surface area contributed by atoms with Gasteiger partial charge in [-0.3, -0.25) is 9.78 Å². The van der Waals surface area contributed by atoms with Crippen LogP contribution in [0.1, 0.15) is 5.56 Å². The topological polar surface area (TPSA) is 112 Å². The van der Waals surface area contributed by atoms with E-state index in [0.717, 1.165) is 5.56 Å². The van der Waals surface area contributed by atoms with Crippen molar-refractivity contribution >= 4 is 20.9 Å². The van der Waals surface area contributed by atoms with Gasteiger partial charge in [-0.1, -0.05) is 30.3 Å². The smallest absolute Gasteiger partial charge is 0.307 e. The third kappa shape index (κ3) is 3.22. The van der Waals surface area contributed by atoms with Crippen molar-refractivity contribution in [3.63, 3.8) is 0 Å². The number of sulfonamides is 1. The molecule has 3 N–H and O–H groups in total. The quantitative estimate of drug-likeness (QED) is 0.653. The van der Waals surface area contributed by atoms with E-state index < -0.39 is 21.3 Å². The average molecular weight is 331 g/mol. The molecule has 1 heterocycles. The van der Waals surface area contributed by atoms with E-state index in [1.165, 1.54) is 18.2 Å². The Hall–Kier alpha value is -2.71. The zero-order valence-corrected chi connectivity index (χ0v) is 12.7. The van der Waals surface area contributed by atoms with Gasteiger partial charge in [-0.05, 0) is 23.8 Å². The molecule has 0 spiro atoms. The SMILES string of the molecule is O=c1[nH]c(=O)c2cc(S(=O)(=O)NCc3ccccc3)ccc2[nH]1. The molecule has 2 aromatic carbocycles. The van der Waals surface area contributed by atoms with Crippen LogP contribution in [0.2, 0.25) is 0 Å². The fraction of sp³-hybridized carbons (Fsp3) is 0.0667. The third-order valence-corrected chi connectivity index (χ3v) is 4.73. The van der Waals surface area contributed by atoms with Crippen molar-refractivity contribution in [2.45, 2.75) is 11.4 Å². The number of benzene rings is 2. The van der Waals surface area contributed by atoms with E-state index in [4.69, 9.17) is 0 Å². The number of nitrogens with one attached hydrogen (secondary N) is 3. The van der Waals surface area contributed by atoms with Crippen LogP contribution in [0.5, 0.6) is 0 Å². The maximum atomic E-state index is 12.3. The Labute approximate surface area is 131 Å². The summed E-state index contributed by atoms with van der Waals surface area (Å²) in [4.78, 5) is 27.4. The maximum Gasteiger partial charge on any atom is 0.326 e. The molecule has 0 atom stereocenters. The maximum absolute atomic E-state index is 12.3. The predicted molar refractivity (Wildman–Crippen MR) is 85.7 cm³/mol. The van der Waals surface area contributed by atoms with E-state index >= 15 is 0 Å².